The lowest BCUT2D eigenvalue weighted by Gasteiger charge is -2.24. The van der Waals surface area contributed by atoms with Crippen molar-refractivity contribution in [1.29, 1.82) is 0 Å². The van der Waals surface area contributed by atoms with Crippen molar-refractivity contribution in [3.8, 4) is 0 Å². The van der Waals surface area contributed by atoms with E-state index >= 15 is 0 Å². The monoisotopic (exact) mass is 506 g/mol. The molecular weight excluding hydrogens is 448 g/mol. The Morgan fingerprint density at radius 2 is 0.784 bits per heavy atom. The molecule has 0 unspecified atom stereocenters. The summed E-state index contributed by atoms with van der Waals surface area (Å²) in [6.07, 6.45) is 8.57. The van der Waals surface area contributed by atoms with Crippen molar-refractivity contribution in [2.24, 2.45) is 0 Å². The first kappa shape index (κ1) is 31.3. The first-order valence-corrected chi connectivity index (χ1v) is 15.4. The zero-order chi connectivity index (χ0) is 27.5. The van der Waals surface area contributed by atoms with Crippen LogP contribution in [0.2, 0.25) is 0 Å². The topological polar surface area (TPSA) is 24.1 Å². The summed E-state index contributed by atoms with van der Waals surface area (Å²) >= 11 is 0. The van der Waals surface area contributed by atoms with Crippen LogP contribution in [-0.4, -0.2) is 13.1 Å². The van der Waals surface area contributed by atoms with Crippen LogP contribution in [0.3, 0.4) is 0 Å². The molecule has 0 bridgehead atoms. The summed E-state index contributed by atoms with van der Waals surface area (Å²) in [6.45, 7) is 25.4. The quantitative estimate of drug-likeness (QED) is 0.221. The summed E-state index contributed by atoms with van der Waals surface area (Å²) in [4.78, 5) is 0. The average molecular weight is 507 g/mol. The molecule has 2 aromatic carbocycles. The van der Waals surface area contributed by atoms with Gasteiger partial charge in [0.25, 0.3) is 0 Å². The number of unbranched alkanes of at least 4 members (excludes halogenated alkanes) is 4. The zero-order valence-electron chi connectivity index (χ0n) is 26.0. The molecule has 37 heavy (non-hydrogen) atoms. The Hall–Kier alpha value is -1.96. The molecule has 0 atom stereocenters. The molecule has 2 aromatic rings. The second kappa shape index (κ2) is 15.5. The molecule has 0 heterocycles. The molecule has 0 aromatic heterocycles. The van der Waals surface area contributed by atoms with Gasteiger partial charge >= 0.3 is 0 Å². The standard InChI is InChI=1S/C35H58N2/c1-11-13-15-17-36-34-30(24(3)4)20-28(21-31(34)25(5)6)19-29-22-32(26(7)8)35(33(23-29)27(9)10)37-18-16-14-12-2/h20-27,36-37H,11-19H2,1-10H3. The first-order valence-electron chi connectivity index (χ1n) is 15.4. The Morgan fingerprint density at radius 3 is 1.03 bits per heavy atom. The molecule has 0 aliphatic rings. The predicted octanol–water partition coefficient (Wildman–Crippen LogP) is 11.0. The number of hydrogen-bond donors (Lipinski definition) is 2. The molecule has 2 heteroatoms. The molecule has 0 aliphatic carbocycles. The van der Waals surface area contributed by atoms with Gasteiger partial charge in [-0.1, -0.05) is 119 Å². The molecule has 0 amide bonds. The maximum atomic E-state index is 3.85. The van der Waals surface area contributed by atoms with Gasteiger partial charge in [0.05, 0.1) is 0 Å². The average Bonchev–Trinajstić information content (AvgIpc) is 2.84. The van der Waals surface area contributed by atoms with Gasteiger partial charge in [0.15, 0.2) is 0 Å². The van der Waals surface area contributed by atoms with E-state index < -0.39 is 0 Å². The molecule has 0 spiro atoms. The summed E-state index contributed by atoms with van der Waals surface area (Å²) in [5, 5.41) is 7.69. The summed E-state index contributed by atoms with van der Waals surface area (Å²) in [5.41, 5.74) is 11.6. The van der Waals surface area contributed by atoms with E-state index in [0.29, 0.717) is 23.7 Å². The van der Waals surface area contributed by atoms with Crippen molar-refractivity contribution in [1.82, 2.24) is 0 Å². The fraction of sp³-hybridized carbons (Fsp3) is 0.657. The summed E-state index contributed by atoms with van der Waals surface area (Å²) < 4.78 is 0. The van der Waals surface area contributed by atoms with Crippen LogP contribution in [0.4, 0.5) is 11.4 Å². The normalized spacial score (nSPS) is 11.8. The molecule has 2 N–H and O–H groups in total. The SMILES string of the molecule is CCCCCNc1c(C(C)C)cc(Cc2cc(C(C)C)c(NCCCCC)c(C(C)C)c2)cc1C(C)C. The lowest BCUT2D eigenvalue weighted by molar-refractivity contribution is 0.739. The smallest absolute Gasteiger partial charge is 0.0410 e. The zero-order valence-corrected chi connectivity index (χ0v) is 26.0. The van der Waals surface area contributed by atoms with Crippen molar-refractivity contribution >= 4 is 11.4 Å². The number of anilines is 2. The van der Waals surface area contributed by atoms with E-state index in [1.54, 1.807) is 0 Å². The van der Waals surface area contributed by atoms with Crippen LogP contribution >= 0.6 is 0 Å². The molecule has 2 nitrogen and oxygen atoms in total. The number of hydrogen-bond acceptors (Lipinski definition) is 2. The van der Waals surface area contributed by atoms with E-state index in [0.717, 1.165) is 19.5 Å². The van der Waals surface area contributed by atoms with E-state index in [4.69, 9.17) is 0 Å². The lowest BCUT2D eigenvalue weighted by Crippen LogP contribution is -2.11. The van der Waals surface area contributed by atoms with E-state index in [2.05, 4.69) is 104 Å². The summed E-state index contributed by atoms with van der Waals surface area (Å²) in [6, 6.07) is 9.94. The third-order valence-electron chi connectivity index (χ3n) is 7.58. The van der Waals surface area contributed by atoms with Crippen LogP contribution in [0.15, 0.2) is 24.3 Å². The minimum absolute atomic E-state index is 0.498. The van der Waals surface area contributed by atoms with Crippen LogP contribution in [0.1, 0.15) is 165 Å². The Balaban J connectivity index is 2.49. The van der Waals surface area contributed by atoms with Gasteiger partial charge in [0.1, 0.15) is 0 Å². The number of nitrogens with one attached hydrogen (secondary N) is 2. The first-order chi connectivity index (χ1) is 17.6. The van der Waals surface area contributed by atoms with Gasteiger partial charge in [0.2, 0.25) is 0 Å². The van der Waals surface area contributed by atoms with Crippen LogP contribution in [0.5, 0.6) is 0 Å². The third-order valence-corrected chi connectivity index (χ3v) is 7.58. The number of benzene rings is 2. The molecule has 0 fully saturated rings. The van der Waals surface area contributed by atoms with Crippen LogP contribution in [-0.2, 0) is 6.42 Å². The molecule has 0 saturated carbocycles. The van der Waals surface area contributed by atoms with Gasteiger partial charge in [-0.15, -0.1) is 0 Å². The van der Waals surface area contributed by atoms with Gasteiger partial charge in [0, 0.05) is 24.5 Å². The van der Waals surface area contributed by atoms with E-state index in [1.807, 2.05) is 0 Å². The maximum absolute atomic E-state index is 3.85. The van der Waals surface area contributed by atoms with Crippen molar-refractivity contribution < 1.29 is 0 Å². The largest absolute Gasteiger partial charge is 0.385 e. The highest BCUT2D eigenvalue weighted by Crippen LogP contribution is 2.37. The van der Waals surface area contributed by atoms with Crippen LogP contribution in [0, 0.1) is 0 Å². The molecule has 0 radical (unpaired) electrons. The van der Waals surface area contributed by atoms with Crippen LogP contribution in [0.25, 0.3) is 0 Å². The molecule has 0 saturated heterocycles. The Labute approximate surface area is 230 Å². The third kappa shape index (κ3) is 9.08. The van der Waals surface area contributed by atoms with Crippen molar-refractivity contribution in [3.05, 3.63) is 57.6 Å². The van der Waals surface area contributed by atoms with Gasteiger partial charge in [-0.25, -0.2) is 0 Å². The van der Waals surface area contributed by atoms with Gasteiger partial charge in [-0.2, -0.15) is 0 Å². The lowest BCUT2D eigenvalue weighted by atomic mass is 9.86. The predicted molar refractivity (Wildman–Crippen MR) is 168 cm³/mol. The fourth-order valence-electron chi connectivity index (χ4n) is 5.35. The molecule has 2 rings (SSSR count). The highest BCUT2D eigenvalue weighted by molar-refractivity contribution is 5.64. The van der Waals surface area contributed by atoms with E-state index in [1.165, 1.54) is 83.3 Å². The second-order valence-corrected chi connectivity index (χ2v) is 12.4. The highest BCUT2D eigenvalue weighted by Gasteiger charge is 2.19. The minimum Gasteiger partial charge on any atom is -0.385 e. The summed E-state index contributed by atoms with van der Waals surface area (Å²) in [7, 11) is 0. The fourth-order valence-corrected chi connectivity index (χ4v) is 5.35. The molecule has 208 valence electrons. The van der Waals surface area contributed by atoms with Gasteiger partial charge in [-0.05, 0) is 76.3 Å². The molecule has 0 aliphatic heterocycles. The van der Waals surface area contributed by atoms with Gasteiger partial charge in [-0.3, -0.25) is 0 Å². The van der Waals surface area contributed by atoms with Crippen molar-refractivity contribution in [2.75, 3.05) is 23.7 Å². The van der Waals surface area contributed by atoms with E-state index in [-0.39, 0.29) is 0 Å². The Morgan fingerprint density at radius 1 is 0.486 bits per heavy atom. The number of rotatable bonds is 16. The summed E-state index contributed by atoms with van der Waals surface area (Å²) in [5.74, 6) is 1.99. The Kier molecular flexibility index (Phi) is 13.1. The Bertz CT molecular complexity index is 816. The maximum Gasteiger partial charge on any atom is 0.0410 e. The van der Waals surface area contributed by atoms with Crippen molar-refractivity contribution in [3.63, 3.8) is 0 Å². The van der Waals surface area contributed by atoms with Crippen LogP contribution < -0.4 is 10.6 Å². The highest BCUT2D eigenvalue weighted by atomic mass is 14.9. The second-order valence-electron chi connectivity index (χ2n) is 12.4. The van der Waals surface area contributed by atoms with Gasteiger partial charge < -0.3 is 10.6 Å². The minimum atomic E-state index is 0.498. The van der Waals surface area contributed by atoms with Crippen molar-refractivity contribution in [2.45, 2.75) is 138 Å². The van der Waals surface area contributed by atoms with E-state index in [9.17, 15) is 0 Å². The molecular formula is C35H58N2.